The van der Waals surface area contributed by atoms with Gasteiger partial charge >= 0.3 is 6.18 Å². The molecule has 1 unspecified atom stereocenters. The number of carbonyl (C=O) groups is 2. The van der Waals surface area contributed by atoms with Crippen LogP contribution in [0.25, 0.3) is 0 Å². The molecule has 0 fully saturated rings. The van der Waals surface area contributed by atoms with Gasteiger partial charge in [-0.25, -0.2) is 4.39 Å². The molecule has 0 spiro atoms. The summed E-state index contributed by atoms with van der Waals surface area (Å²) in [5.41, 5.74) is 0.152. The Hall–Kier alpha value is -2.96. The normalized spacial score (nSPS) is 21.4. The average molecular weight is 431 g/mol. The third kappa shape index (κ3) is 3.89. The fraction of sp³-hybridized carbons (Fsp3) is 0.333. The lowest BCUT2D eigenvalue weighted by atomic mass is 9.69. The van der Waals surface area contributed by atoms with Crippen molar-refractivity contribution in [1.29, 1.82) is 0 Å². The van der Waals surface area contributed by atoms with Crippen molar-refractivity contribution in [2.24, 2.45) is 5.41 Å². The van der Waals surface area contributed by atoms with Crippen molar-refractivity contribution in [2.45, 2.75) is 45.2 Å². The van der Waals surface area contributed by atoms with Crippen LogP contribution in [0.2, 0.25) is 0 Å². The molecule has 2 aromatic rings. The van der Waals surface area contributed by atoms with Gasteiger partial charge in [0.25, 0.3) is 0 Å². The minimum absolute atomic E-state index is 0.0800. The molecule has 1 atom stereocenters. The van der Waals surface area contributed by atoms with Gasteiger partial charge in [0.15, 0.2) is 5.78 Å². The molecule has 1 heterocycles. The molecule has 4 rings (SSSR count). The number of carbonyl (C=O) groups excluding carboxylic acids is 2. The number of rotatable bonds is 2. The molecule has 31 heavy (non-hydrogen) atoms. The summed E-state index contributed by atoms with van der Waals surface area (Å²) < 4.78 is 53.4. The number of benzene rings is 2. The number of hydrogen-bond donors (Lipinski definition) is 0. The lowest BCUT2D eigenvalue weighted by molar-refractivity contribution is -0.137. The summed E-state index contributed by atoms with van der Waals surface area (Å²) in [6.45, 7) is 3.81. The van der Waals surface area contributed by atoms with Crippen LogP contribution in [0.4, 0.5) is 23.2 Å². The van der Waals surface area contributed by atoms with Crippen molar-refractivity contribution in [3.8, 4) is 0 Å². The highest BCUT2D eigenvalue weighted by atomic mass is 19.4. The predicted octanol–water partition coefficient (Wildman–Crippen LogP) is 6.01. The van der Waals surface area contributed by atoms with Gasteiger partial charge in [0.2, 0.25) is 5.91 Å². The van der Waals surface area contributed by atoms with E-state index in [2.05, 4.69) is 0 Å². The largest absolute Gasteiger partial charge is 0.416 e. The molecule has 3 nitrogen and oxygen atoms in total. The minimum atomic E-state index is -4.47. The summed E-state index contributed by atoms with van der Waals surface area (Å²) in [5.74, 6) is -1.79. The van der Waals surface area contributed by atoms with Crippen LogP contribution in [0.5, 0.6) is 0 Å². The van der Waals surface area contributed by atoms with Crippen LogP contribution in [-0.4, -0.2) is 11.7 Å². The molecule has 0 saturated carbocycles. The number of ketones is 1. The standard InChI is InChI=1S/C24H21F4NO2/c1-23(2)12-19-22(20(30)13-23)16(14-7-9-15(10-8-14)24(26,27)28)11-21(31)29(19)18-6-4-3-5-17(18)25/h3-10,16H,11-13H2,1-2H3. The van der Waals surface area contributed by atoms with Gasteiger partial charge in [-0.2, -0.15) is 13.2 Å². The molecule has 1 aliphatic heterocycles. The van der Waals surface area contributed by atoms with Crippen molar-refractivity contribution in [1.82, 2.24) is 0 Å². The first-order valence-electron chi connectivity index (χ1n) is 9.99. The highest BCUT2D eigenvalue weighted by molar-refractivity contribution is 6.07. The smallest absolute Gasteiger partial charge is 0.294 e. The second-order valence-corrected chi connectivity index (χ2v) is 8.86. The molecule has 0 aromatic heterocycles. The number of para-hydroxylation sites is 1. The molecule has 7 heteroatoms. The molecule has 0 bridgehead atoms. The minimum Gasteiger partial charge on any atom is -0.294 e. The number of Topliss-reactive ketones (excluding diaryl/α,β-unsaturated/α-hetero) is 1. The number of halogens is 4. The maximum atomic E-state index is 14.6. The molecule has 0 N–H and O–H groups in total. The quantitative estimate of drug-likeness (QED) is 0.547. The van der Waals surface area contributed by atoms with E-state index in [0.717, 1.165) is 12.1 Å². The summed E-state index contributed by atoms with van der Waals surface area (Å²) in [6, 6.07) is 10.4. The van der Waals surface area contributed by atoms with Crippen molar-refractivity contribution in [2.75, 3.05) is 4.90 Å². The molecule has 0 radical (unpaired) electrons. The van der Waals surface area contributed by atoms with Crippen LogP contribution >= 0.6 is 0 Å². The maximum Gasteiger partial charge on any atom is 0.416 e. The fourth-order valence-corrected chi connectivity index (χ4v) is 4.52. The number of anilines is 1. The highest BCUT2D eigenvalue weighted by Crippen LogP contribution is 2.48. The van der Waals surface area contributed by atoms with E-state index in [-0.39, 0.29) is 30.2 Å². The molecule has 2 aromatic carbocycles. The predicted molar refractivity (Wildman–Crippen MR) is 108 cm³/mol. The second kappa shape index (κ2) is 7.32. The number of hydrogen-bond acceptors (Lipinski definition) is 2. The molecule has 1 aliphatic carbocycles. The average Bonchev–Trinajstić information content (AvgIpc) is 2.67. The first-order chi connectivity index (χ1) is 14.5. The third-order valence-electron chi connectivity index (χ3n) is 5.88. The summed E-state index contributed by atoms with van der Waals surface area (Å²) in [4.78, 5) is 27.6. The number of amides is 1. The van der Waals surface area contributed by atoms with Gasteiger partial charge in [-0.05, 0) is 41.7 Å². The summed E-state index contributed by atoms with van der Waals surface area (Å²) in [7, 11) is 0. The zero-order valence-corrected chi connectivity index (χ0v) is 17.1. The Morgan fingerprint density at radius 3 is 2.23 bits per heavy atom. The maximum absolute atomic E-state index is 14.6. The zero-order valence-electron chi connectivity index (χ0n) is 17.1. The van der Waals surface area contributed by atoms with E-state index in [4.69, 9.17) is 0 Å². The first kappa shape index (κ1) is 21.3. The van der Waals surface area contributed by atoms with E-state index in [9.17, 15) is 27.2 Å². The van der Waals surface area contributed by atoms with Crippen LogP contribution in [0.15, 0.2) is 59.8 Å². The summed E-state index contributed by atoms with van der Waals surface area (Å²) in [5, 5.41) is 0. The number of allylic oxidation sites excluding steroid dienone is 2. The van der Waals surface area contributed by atoms with Crippen molar-refractivity contribution in [3.05, 3.63) is 76.7 Å². The van der Waals surface area contributed by atoms with Crippen LogP contribution in [0.1, 0.15) is 50.2 Å². The lowest BCUT2D eigenvalue weighted by Crippen LogP contribution is -2.44. The van der Waals surface area contributed by atoms with Gasteiger partial charge < -0.3 is 0 Å². The van der Waals surface area contributed by atoms with E-state index in [1.165, 1.54) is 35.2 Å². The summed E-state index contributed by atoms with van der Waals surface area (Å²) >= 11 is 0. The number of nitrogens with zero attached hydrogens (tertiary/aromatic N) is 1. The summed E-state index contributed by atoms with van der Waals surface area (Å²) in [6.07, 6.45) is -3.96. The van der Waals surface area contributed by atoms with Crippen LogP contribution < -0.4 is 4.90 Å². The Labute approximate surface area is 177 Å². The molecule has 1 amide bonds. The molecule has 0 saturated heterocycles. The van der Waals surface area contributed by atoms with Crippen LogP contribution in [0.3, 0.4) is 0 Å². The van der Waals surface area contributed by atoms with Gasteiger partial charge in [-0.1, -0.05) is 38.1 Å². The topological polar surface area (TPSA) is 37.4 Å². The Kier molecular flexibility index (Phi) is 5.03. The van der Waals surface area contributed by atoms with E-state index in [0.29, 0.717) is 23.3 Å². The Bertz CT molecular complexity index is 1080. The molecular formula is C24H21F4NO2. The highest BCUT2D eigenvalue weighted by Gasteiger charge is 2.45. The monoisotopic (exact) mass is 431 g/mol. The van der Waals surface area contributed by atoms with Gasteiger partial charge in [0.1, 0.15) is 5.82 Å². The van der Waals surface area contributed by atoms with E-state index < -0.39 is 28.9 Å². The third-order valence-corrected chi connectivity index (χ3v) is 5.88. The second-order valence-electron chi connectivity index (χ2n) is 8.86. The van der Waals surface area contributed by atoms with E-state index in [1.807, 2.05) is 13.8 Å². The molecule has 162 valence electrons. The van der Waals surface area contributed by atoms with E-state index >= 15 is 0 Å². The Morgan fingerprint density at radius 1 is 0.968 bits per heavy atom. The van der Waals surface area contributed by atoms with Gasteiger partial charge in [0, 0.05) is 30.0 Å². The first-order valence-corrected chi connectivity index (χ1v) is 9.99. The lowest BCUT2D eigenvalue weighted by Gasteiger charge is -2.43. The zero-order chi connectivity index (χ0) is 22.6. The molecular weight excluding hydrogens is 410 g/mol. The van der Waals surface area contributed by atoms with E-state index in [1.54, 1.807) is 6.07 Å². The van der Waals surface area contributed by atoms with Crippen LogP contribution in [0, 0.1) is 11.2 Å². The molecule has 2 aliphatic rings. The van der Waals surface area contributed by atoms with Crippen molar-refractivity contribution < 1.29 is 27.2 Å². The number of alkyl halides is 3. The van der Waals surface area contributed by atoms with Gasteiger partial charge in [-0.15, -0.1) is 0 Å². The Balaban J connectivity index is 1.86. The van der Waals surface area contributed by atoms with Gasteiger partial charge in [0.05, 0.1) is 11.3 Å². The van der Waals surface area contributed by atoms with Crippen molar-refractivity contribution >= 4 is 17.4 Å². The van der Waals surface area contributed by atoms with Gasteiger partial charge in [-0.3, -0.25) is 14.5 Å². The SMILES string of the molecule is CC1(C)CC(=O)C2=C(C1)N(c1ccccc1F)C(=O)CC2c1ccc(C(F)(F)F)cc1. The van der Waals surface area contributed by atoms with Crippen molar-refractivity contribution in [3.63, 3.8) is 0 Å². The van der Waals surface area contributed by atoms with Crippen LogP contribution in [-0.2, 0) is 15.8 Å². The Morgan fingerprint density at radius 2 is 1.61 bits per heavy atom. The fourth-order valence-electron chi connectivity index (χ4n) is 4.52.